The molecule has 0 bridgehead atoms. The standard InChI is InChI=1S/C17H27NO2/c1-13(2)14-7-9-18(10-8-14)12-17(19)15-5-4-6-16(11-15)20-3/h4-6,11,13-14,17,19H,7-10,12H2,1-3H3. The van der Waals surface area contributed by atoms with Gasteiger partial charge in [-0.3, -0.25) is 0 Å². The van der Waals surface area contributed by atoms with E-state index in [9.17, 15) is 5.11 Å². The molecule has 112 valence electrons. The summed E-state index contributed by atoms with van der Waals surface area (Å²) in [7, 11) is 1.65. The van der Waals surface area contributed by atoms with E-state index < -0.39 is 6.10 Å². The number of β-amino-alcohol motifs (C(OH)–C–C–N with tert-alkyl or cyclic N) is 1. The molecule has 1 aliphatic heterocycles. The molecule has 0 aliphatic carbocycles. The molecule has 2 rings (SSSR count). The number of nitrogens with zero attached hydrogens (tertiary/aromatic N) is 1. The zero-order valence-corrected chi connectivity index (χ0v) is 12.9. The molecule has 0 saturated carbocycles. The largest absolute Gasteiger partial charge is 0.497 e. The first-order chi connectivity index (χ1) is 9.60. The Balaban J connectivity index is 1.87. The molecule has 1 aliphatic rings. The van der Waals surface area contributed by atoms with Crippen molar-refractivity contribution < 1.29 is 9.84 Å². The van der Waals surface area contributed by atoms with Gasteiger partial charge in [-0.15, -0.1) is 0 Å². The molecule has 3 heteroatoms. The quantitative estimate of drug-likeness (QED) is 0.897. The van der Waals surface area contributed by atoms with Crippen LogP contribution >= 0.6 is 0 Å². The lowest BCUT2D eigenvalue weighted by Gasteiger charge is -2.34. The van der Waals surface area contributed by atoms with Crippen molar-refractivity contribution in [2.45, 2.75) is 32.8 Å². The number of aliphatic hydroxyl groups is 1. The molecule has 0 spiro atoms. The summed E-state index contributed by atoms with van der Waals surface area (Å²) >= 11 is 0. The van der Waals surface area contributed by atoms with Crippen LogP contribution in [-0.2, 0) is 0 Å². The van der Waals surface area contributed by atoms with E-state index in [0.717, 1.165) is 42.8 Å². The third kappa shape index (κ3) is 3.97. The predicted molar refractivity (Wildman–Crippen MR) is 82.0 cm³/mol. The van der Waals surface area contributed by atoms with Gasteiger partial charge in [-0.2, -0.15) is 0 Å². The molecule has 1 aromatic carbocycles. The Bertz CT molecular complexity index is 411. The zero-order valence-electron chi connectivity index (χ0n) is 12.9. The molecule has 0 radical (unpaired) electrons. The third-order valence-corrected chi connectivity index (χ3v) is 4.48. The molecule has 1 saturated heterocycles. The van der Waals surface area contributed by atoms with Gasteiger partial charge in [0.05, 0.1) is 13.2 Å². The Kier molecular flexibility index (Phi) is 5.44. The molecule has 1 unspecified atom stereocenters. The van der Waals surface area contributed by atoms with Crippen LogP contribution in [0.1, 0.15) is 38.4 Å². The maximum absolute atomic E-state index is 10.4. The van der Waals surface area contributed by atoms with E-state index in [2.05, 4.69) is 18.7 Å². The van der Waals surface area contributed by atoms with E-state index in [4.69, 9.17) is 4.74 Å². The fourth-order valence-corrected chi connectivity index (χ4v) is 3.00. The van der Waals surface area contributed by atoms with Gasteiger partial charge in [0.2, 0.25) is 0 Å². The lowest BCUT2D eigenvalue weighted by molar-refractivity contribution is 0.0817. The molecular weight excluding hydrogens is 250 g/mol. The van der Waals surface area contributed by atoms with Crippen molar-refractivity contribution in [3.05, 3.63) is 29.8 Å². The van der Waals surface area contributed by atoms with Crippen molar-refractivity contribution in [2.24, 2.45) is 11.8 Å². The molecule has 0 amide bonds. The smallest absolute Gasteiger partial charge is 0.119 e. The first-order valence-corrected chi connectivity index (χ1v) is 7.64. The average Bonchev–Trinajstić information content (AvgIpc) is 2.47. The van der Waals surface area contributed by atoms with Crippen molar-refractivity contribution in [3.63, 3.8) is 0 Å². The number of likely N-dealkylation sites (tertiary alicyclic amines) is 1. The Morgan fingerprint density at radius 2 is 2.00 bits per heavy atom. The number of aliphatic hydroxyl groups excluding tert-OH is 1. The number of methoxy groups -OCH3 is 1. The average molecular weight is 277 g/mol. The Hall–Kier alpha value is -1.06. The van der Waals surface area contributed by atoms with E-state index in [1.165, 1.54) is 12.8 Å². The number of benzene rings is 1. The Labute approximate surface area is 122 Å². The summed E-state index contributed by atoms with van der Waals surface area (Å²) in [6.07, 6.45) is 2.08. The maximum Gasteiger partial charge on any atom is 0.119 e. The van der Waals surface area contributed by atoms with Gasteiger partial charge in [-0.1, -0.05) is 26.0 Å². The lowest BCUT2D eigenvalue weighted by Crippen LogP contribution is -2.37. The molecule has 1 fully saturated rings. The van der Waals surface area contributed by atoms with Gasteiger partial charge >= 0.3 is 0 Å². The van der Waals surface area contributed by atoms with Gasteiger partial charge in [0.15, 0.2) is 0 Å². The van der Waals surface area contributed by atoms with Crippen LogP contribution in [0.3, 0.4) is 0 Å². The van der Waals surface area contributed by atoms with E-state index >= 15 is 0 Å². The van der Waals surface area contributed by atoms with Crippen LogP contribution < -0.4 is 4.74 Å². The molecule has 3 nitrogen and oxygen atoms in total. The topological polar surface area (TPSA) is 32.7 Å². The fourth-order valence-electron chi connectivity index (χ4n) is 3.00. The number of rotatable bonds is 5. The van der Waals surface area contributed by atoms with Gasteiger partial charge in [-0.05, 0) is 55.5 Å². The van der Waals surface area contributed by atoms with Crippen LogP contribution in [0.2, 0.25) is 0 Å². The summed E-state index contributed by atoms with van der Waals surface area (Å²) < 4.78 is 5.21. The summed E-state index contributed by atoms with van der Waals surface area (Å²) in [5, 5.41) is 10.4. The van der Waals surface area contributed by atoms with Crippen LogP contribution in [-0.4, -0.2) is 36.8 Å². The van der Waals surface area contributed by atoms with Crippen LogP contribution in [0.5, 0.6) is 5.75 Å². The van der Waals surface area contributed by atoms with Crippen molar-refractivity contribution in [3.8, 4) is 5.75 Å². The molecular formula is C17H27NO2. The van der Waals surface area contributed by atoms with Crippen molar-refractivity contribution in [1.29, 1.82) is 0 Å². The lowest BCUT2D eigenvalue weighted by atomic mass is 9.86. The van der Waals surface area contributed by atoms with Gasteiger partial charge in [0.25, 0.3) is 0 Å². The Morgan fingerprint density at radius 1 is 1.30 bits per heavy atom. The van der Waals surface area contributed by atoms with E-state index in [0.29, 0.717) is 0 Å². The summed E-state index contributed by atoms with van der Waals surface area (Å²) in [4.78, 5) is 2.38. The normalized spacial score (nSPS) is 19.2. The summed E-state index contributed by atoms with van der Waals surface area (Å²) in [6.45, 7) is 7.54. The van der Waals surface area contributed by atoms with Crippen molar-refractivity contribution >= 4 is 0 Å². The third-order valence-electron chi connectivity index (χ3n) is 4.48. The number of ether oxygens (including phenoxy) is 1. The first-order valence-electron chi connectivity index (χ1n) is 7.64. The zero-order chi connectivity index (χ0) is 14.5. The van der Waals surface area contributed by atoms with E-state index in [1.807, 2.05) is 24.3 Å². The minimum absolute atomic E-state index is 0.430. The molecule has 1 heterocycles. The summed E-state index contributed by atoms with van der Waals surface area (Å²) in [6, 6.07) is 7.73. The molecule has 1 N–H and O–H groups in total. The van der Waals surface area contributed by atoms with Gasteiger partial charge in [0, 0.05) is 6.54 Å². The first kappa shape index (κ1) is 15.3. The SMILES string of the molecule is COc1cccc(C(O)CN2CCC(C(C)C)CC2)c1. The predicted octanol–water partition coefficient (Wildman–Crippen LogP) is 3.10. The summed E-state index contributed by atoms with van der Waals surface area (Å²) in [5.74, 6) is 2.43. The molecule has 20 heavy (non-hydrogen) atoms. The van der Waals surface area contributed by atoms with Gasteiger partial charge in [0.1, 0.15) is 5.75 Å². The van der Waals surface area contributed by atoms with Crippen LogP contribution in [0.4, 0.5) is 0 Å². The maximum atomic E-state index is 10.4. The number of piperidine rings is 1. The van der Waals surface area contributed by atoms with E-state index in [1.54, 1.807) is 7.11 Å². The van der Waals surface area contributed by atoms with Gasteiger partial charge < -0.3 is 14.7 Å². The second-order valence-electron chi connectivity index (χ2n) is 6.17. The molecule has 0 aromatic heterocycles. The minimum atomic E-state index is -0.430. The van der Waals surface area contributed by atoms with Crippen LogP contribution in [0, 0.1) is 11.8 Å². The van der Waals surface area contributed by atoms with Crippen molar-refractivity contribution in [2.75, 3.05) is 26.7 Å². The second kappa shape index (κ2) is 7.09. The highest BCUT2D eigenvalue weighted by Gasteiger charge is 2.23. The van der Waals surface area contributed by atoms with Crippen molar-refractivity contribution in [1.82, 2.24) is 4.90 Å². The highest BCUT2D eigenvalue weighted by atomic mass is 16.5. The monoisotopic (exact) mass is 277 g/mol. The minimum Gasteiger partial charge on any atom is -0.497 e. The number of hydrogen-bond donors (Lipinski definition) is 1. The van der Waals surface area contributed by atoms with E-state index in [-0.39, 0.29) is 0 Å². The fraction of sp³-hybridized carbons (Fsp3) is 0.647. The highest BCUT2D eigenvalue weighted by Crippen LogP contribution is 2.26. The summed E-state index contributed by atoms with van der Waals surface area (Å²) in [5.41, 5.74) is 0.940. The molecule has 1 aromatic rings. The van der Waals surface area contributed by atoms with Gasteiger partial charge in [-0.25, -0.2) is 0 Å². The van der Waals surface area contributed by atoms with Crippen LogP contribution in [0.15, 0.2) is 24.3 Å². The highest BCUT2D eigenvalue weighted by molar-refractivity contribution is 5.29. The number of hydrogen-bond acceptors (Lipinski definition) is 3. The van der Waals surface area contributed by atoms with Crippen LogP contribution in [0.25, 0.3) is 0 Å². The molecule has 1 atom stereocenters. The second-order valence-corrected chi connectivity index (χ2v) is 6.17. The Morgan fingerprint density at radius 3 is 2.60 bits per heavy atom.